The predicted molar refractivity (Wildman–Crippen MR) is 86.0 cm³/mol. The molecule has 2 rings (SSSR count). The van der Waals surface area contributed by atoms with Gasteiger partial charge < -0.3 is 10.1 Å². The van der Waals surface area contributed by atoms with Crippen molar-refractivity contribution in [1.29, 1.82) is 0 Å². The Labute approximate surface area is 127 Å². The molecule has 0 saturated carbocycles. The first-order valence-electron chi connectivity index (χ1n) is 7.58. The number of carbonyl (C=O) groups excluding carboxylic acids is 1. The lowest BCUT2D eigenvalue weighted by Crippen LogP contribution is -2.27. The molecular weight excluding hydrogens is 264 g/mol. The Balaban J connectivity index is 2.20. The normalized spacial score (nSPS) is 18.6. The van der Waals surface area contributed by atoms with E-state index in [1.165, 1.54) is 11.1 Å². The number of nitrogens with one attached hydrogen (secondary N) is 2. The van der Waals surface area contributed by atoms with Crippen LogP contribution in [0.25, 0.3) is 0 Å². The minimum absolute atomic E-state index is 0.397. The summed E-state index contributed by atoms with van der Waals surface area (Å²) in [5.41, 5.74) is 3.95. The van der Waals surface area contributed by atoms with E-state index in [4.69, 9.17) is 4.74 Å². The predicted octanol–water partition coefficient (Wildman–Crippen LogP) is 3.73. The zero-order valence-corrected chi connectivity index (χ0v) is 13.7. The number of carbonyl (C=O) groups is 1. The summed E-state index contributed by atoms with van der Waals surface area (Å²) in [6.07, 6.45) is 0.751. The SMILES string of the molecule is Cc1cc(C2CCNC2)cc(NC(=O)OC(C)(C)C)c1C. The molecule has 1 heterocycles. The van der Waals surface area contributed by atoms with Gasteiger partial charge >= 0.3 is 6.09 Å². The van der Waals surface area contributed by atoms with E-state index in [0.717, 1.165) is 30.8 Å². The molecule has 1 amide bonds. The minimum Gasteiger partial charge on any atom is -0.444 e. The van der Waals surface area contributed by atoms with Crippen LogP contribution in [0, 0.1) is 13.8 Å². The maximum absolute atomic E-state index is 12.0. The van der Waals surface area contributed by atoms with Gasteiger partial charge in [-0.3, -0.25) is 5.32 Å². The van der Waals surface area contributed by atoms with Crippen molar-refractivity contribution in [1.82, 2.24) is 5.32 Å². The lowest BCUT2D eigenvalue weighted by atomic mass is 9.94. The van der Waals surface area contributed by atoms with Crippen molar-refractivity contribution in [2.24, 2.45) is 0 Å². The molecule has 1 atom stereocenters. The quantitative estimate of drug-likeness (QED) is 0.872. The monoisotopic (exact) mass is 290 g/mol. The van der Waals surface area contributed by atoms with Crippen molar-refractivity contribution in [2.45, 2.75) is 52.6 Å². The molecule has 116 valence electrons. The van der Waals surface area contributed by atoms with Crippen molar-refractivity contribution in [3.63, 3.8) is 0 Å². The number of aryl methyl sites for hydroxylation is 1. The second kappa shape index (κ2) is 6.06. The summed E-state index contributed by atoms with van der Waals surface area (Å²) >= 11 is 0. The first-order chi connectivity index (χ1) is 9.76. The molecule has 0 aromatic heterocycles. The summed E-state index contributed by atoms with van der Waals surface area (Å²) in [6, 6.07) is 4.32. The number of rotatable bonds is 2. The molecule has 1 saturated heterocycles. The van der Waals surface area contributed by atoms with Crippen molar-refractivity contribution < 1.29 is 9.53 Å². The largest absolute Gasteiger partial charge is 0.444 e. The Morgan fingerprint density at radius 1 is 1.33 bits per heavy atom. The molecule has 0 spiro atoms. The summed E-state index contributed by atoms with van der Waals surface area (Å²) in [5, 5.41) is 6.27. The van der Waals surface area contributed by atoms with Crippen LogP contribution in [0.1, 0.15) is 49.8 Å². The molecule has 0 bridgehead atoms. The average molecular weight is 290 g/mol. The Morgan fingerprint density at radius 3 is 2.62 bits per heavy atom. The van der Waals surface area contributed by atoms with Crippen molar-refractivity contribution in [2.75, 3.05) is 18.4 Å². The molecule has 1 aromatic carbocycles. The van der Waals surface area contributed by atoms with Gasteiger partial charge in [-0.05, 0) is 76.3 Å². The summed E-state index contributed by atoms with van der Waals surface area (Å²) in [4.78, 5) is 12.0. The van der Waals surface area contributed by atoms with Crippen LogP contribution < -0.4 is 10.6 Å². The van der Waals surface area contributed by atoms with Gasteiger partial charge in [0.25, 0.3) is 0 Å². The van der Waals surface area contributed by atoms with Gasteiger partial charge in [-0.1, -0.05) is 6.07 Å². The highest BCUT2D eigenvalue weighted by atomic mass is 16.6. The second-order valence-corrected chi connectivity index (χ2v) is 6.83. The topological polar surface area (TPSA) is 50.4 Å². The third-order valence-electron chi connectivity index (χ3n) is 3.86. The molecule has 0 aliphatic carbocycles. The summed E-state index contributed by atoms with van der Waals surface area (Å²) in [6.45, 7) is 11.8. The molecule has 4 heteroatoms. The molecule has 1 fully saturated rings. The first kappa shape index (κ1) is 15.8. The Hall–Kier alpha value is -1.55. The highest BCUT2D eigenvalue weighted by molar-refractivity contribution is 5.86. The number of hydrogen-bond donors (Lipinski definition) is 2. The van der Waals surface area contributed by atoms with E-state index < -0.39 is 11.7 Å². The van der Waals surface area contributed by atoms with Gasteiger partial charge in [0.05, 0.1) is 0 Å². The first-order valence-corrected chi connectivity index (χ1v) is 7.58. The fourth-order valence-electron chi connectivity index (χ4n) is 2.61. The van der Waals surface area contributed by atoms with Gasteiger partial charge in [0.1, 0.15) is 5.60 Å². The van der Waals surface area contributed by atoms with Crippen molar-refractivity contribution in [3.8, 4) is 0 Å². The molecule has 1 aliphatic rings. The van der Waals surface area contributed by atoms with E-state index in [-0.39, 0.29) is 0 Å². The third-order valence-corrected chi connectivity index (χ3v) is 3.86. The maximum Gasteiger partial charge on any atom is 0.412 e. The van der Waals surface area contributed by atoms with E-state index in [9.17, 15) is 4.79 Å². The van der Waals surface area contributed by atoms with Crippen LogP contribution in [0.15, 0.2) is 12.1 Å². The highest BCUT2D eigenvalue weighted by Gasteiger charge is 2.20. The van der Waals surface area contributed by atoms with Gasteiger partial charge in [0.15, 0.2) is 0 Å². The van der Waals surface area contributed by atoms with E-state index in [1.54, 1.807) is 0 Å². The Bertz CT molecular complexity index is 526. The fourth-order valence-corrected chi connectivity index (χ4v) is 2.61. The zero-order chi connectivity index (χ0) is 15.6. The van der Waals surface area contributed by atoms with Crippen LogP contribution in [0.4, 0.5) is 10.5 Å². The van der Waals surface area contributed by atoms with Gasteiger partial charge in [0.2, 0.25) is 0 Å². The summed E-state index contributed by atoms with van der Waals surface area (Å²) in [5.74, 6) is 0.531. The number of ether oxygens (including phenoxy) is 1. The van der Waals surface area contributed by atoms with Gasteiger partial charge in [-0.25, -0.2) is 4.79 Å². The van der Waals surface area contributed by atoms with Crippen molar-refractivity contribution >= 4 is 11.8 Å². The maximum atomic E-state index is 12.0. The smallest absolute Gasteiger partial charge is 0.412 e. The third kappa shape index (κ3) is 4.21. The van der Waals surface area contributed by atoms with Gasteiger partial charge in [-0.15, -0.1) is 0 Å². The van der Waals surface area contributed by atoms with E-state index in [2.05, 4.69) is 29.7 Å². The minimum atomic E-state index is -0.486. The molecule has 0 radical (unpaired) electrons. The van der Waals surface area contributed by atoms with Gasteiger partial charge in [-0.2, -0.15) is 0 Å². The molecule has 1 aliphatic heterocycles. The lowest BCUT2D eigenvalue weighted by molar-refractivity contribution is 0.0636. The fraction of sp³-hybridized carbons (Fsp3) is 0.588. The molecule has 4 nitrogen and oxygen atoms in total. The van der Waals surface area contributed by atoms with Crippen LogP contribution in [0.2, 0.25) is 0 Å². The number of anilines is 1. The number of amides is 1. The van der Waals surface area contributed by atoms with Gasteiger partial charge in [0, 0.05) is 12.2 Å². The van der Waals surface area contributed by atoms with E-state index in [1.807, 2.05) is 27.7 Å². The van der Waals surface area contributed by atoms with E-state index >= 15 is 0 Å². The molecule has 1 aromatic rings. The summed E-state index contributed by atoms with van der Waals surface area (Å²) < 4.78 is 5.34. The molecular formula is C17H26N2O2. The molecule has 2 N–H and O–H groups in total. The van der Waals surface area contributed by atoms with E-state index in [0.29, 0.717) is 5.92 Å². The van der Waals surface area contributed by atoms with Crippen LogP contribution in [0.5, 0.6) is 0 Å². The Kier molecular flexibility index (Phi) is 4.57. The number of benzene rings is 1. The summed E-state index contributed by atoms with van der Waals surface area (Å²) in [7, 11) is 0. The zero-order valence-electron chi connectivity index (χ0n) is 13.7. The second-order valence-electron chi connectivity index (χ2n) is 6.83. The Morgan fingerprint density at radius 2 is 2.05 bits per heavy atom. The number of hydrogen-bond acceptors (Lipinski definition) is 3. The molecule has 21 heavy (non-hydrogen) atoms. The standard InChI is InChI=1S/C17H26N2O2/c1-11-8-14(13-6-7-18-10-13)9-15(12(11)2)19-16(20)21-17(3,4)5/h8-9,13,18H,6-7,10H2,1-5H3,(H,19,20). The van der Waals surface area contributed by atoms with Crippen LogP contribution in [-0.2, 0) is 4.74 Å². The highest BCUT2D eigenvalue weighted by Crippen LogP contribution is 2.29. The van der Waals surface area contributed by atoms with Crippen LogP contribution in [-0.4, -0.2) is 24.8 Å². The van der Waals surface area contributed by atoms with Crippen LogP contribution >= 0.6 is 0 Å². The lowest BCUT2D eigenvalue weighted by Gasteiger charge is -2.21. The molecule has 1 unspecified atom stereocenters. The van der Waals surface area contributed by atoms with Crippen LogP contribution in [0.3, 0.4) is 0 Å². The van der Waals surface area contributed by atoms with Crippen molar-refractivity contribution in [3.05, 3.63) is 28.8 Å². The average Bonchev–Trinajstić information content (AvgIpc) is 2.86.